The highest BCUT2D eigenvalue weighted by atomic mass is 16.3. The SMILES string of the molecule is Cc1cccc(N2CCN(CCn3nc(C(=O)N4CCC(O)CC4)c4c3C[C@H]3C[C@@H]43)CC2)c1C. The number of nitrogens with zero attached hydrogens (tertiary/aromatic N) is 5. The van der Waals surface area contributed by atoms with Crippen LogP contribution in [0.3, 0.4) is 0 Å². The zero-order valence-corrected chi connectivity index (χ0v) is 20.5. The van der Waals surface area contributed by atoms with E-state index in [9.17, 15) is 9.90 Å². The first-order chi connectivity index (χ1) is 16.5. The molecule has 0 radical (unpaired) electrons. The largest absolute Gasteiger partial charge is 0.393 e. The van der Waals surface area contributed by atoms with Crippen molar-refractivity contribution in [3.05, 3.63) is 46.3 Å². The molecule has 0 bridgehead atoms. The second kappa shape index (κ2) is 8.68. The summed E-state index contributed by atoms with van der Waals surface area (Å²) < 4.78 is 2.16. The van der Waals surface area contributed by atoms with Gasteiger partial charge in [0.25, 0.3) is 5.91 Å². The van der Waals surface area contributed by atoms with Gasteiger partial charge >= 0.3 is 0 Å². The van der Waals surface area contributed by atoms with Crippen molar-refractivity contribution in [2.24, 2.45) is 5.92 Å². The van der Waals surface area contributed by atoms with Crippen LogP contribution in [0.4, 0.5) is 5.69 Å². The molecule has 2 atom stereocenters. The minimum Gasteiger partial charge on any atom is -0.393 e. The van der Waals surface area contributed by atoms with Gasteiger partial charge in [0.15, 0.2) is 5.69 Å². The maximum atomic E-state index is 13.3. The van der Waals surface area contributed by atoms with E-state index in [4.69, 9.17) is 5.10 Å². The summed E-state index contributed by atoms with van der Waals surface area (Å²) in [6.07, 6.45) is 3.39. The molecule has 0 unspecified atom stereocenters. The third-order valence-corrected chi connectivity index (χ3v) is 8.72. The predicted molar refractivity (Wildman–Crippen MR) is 132 cm³/mol. The fourth-order valence-electron chi connectivity index (χ4n) is 6.28. The van der Waals surface area contributed by atoms with E-state index < -0.39 is 0 Å². The van der Waals surface area contributed by atoms with Crippen molar-refractivity contribution in [3.63, 3.8) is 0 Å². The van der Waals surface area contributed by atoms with E-state index in [1.807, 2.05) is 4.90 Å². The van der Waals surface area contributed by atoms with Gasteiger partial charge in [0, 0.05) is 62.8 Å². The molecule has 3 heterocycles. The van der Waals surface area contributed by atoms with Gasteiger partial charge in [0.1, 0.15) is 0 Å². The van der Waals surface area contributed by atoms with E-state index in [1.54, 1.807) is 0 Å². The Morgan fingerprint density at radius 3 is 2.59 bits per heavy atom. The summed E-state index contributed by atoms with van der Waals surface area (Å²) in [4.78, 5) is 20.3. The van der Waals surface area contributed by atoms with E-state index in [-0.39, 0.29) is 12.0 Å². The van der Waals surface area contributed by atoms with Gasteiger partial charge in [0.05, 0.1) is 12.6 Å². The summed E-state index contributed by atoms with van der Waals surface area (Å²) in [5.41, 5.74) is 7.39. The summed E-state index contributed by atoms with van der Waals surface area (Å²) in [6, 6.07) is 6.60. The van der Waals surface area contributed by atoms with E-state index in [2.05, 4.69) is 46.5 Å². The topological polar surface area (TPSA) is 64.8 Å². The first-order valence-corrected chi connectivity index (χ1v) is 13.1. The Morgan fingerprint density at radius 2 is 1.82 bits per heavy atom. The summed E-state index contributed by atoms with van der Waals surface area (Å²) in [5, 5.41) is 14.7. The monoisotopic (exact) mass is 463 g/mol. The van der Waals surface area contributed by atoms with E-state index in [0.29, 0.717) is 37.5 Å². The van der Waals surface area contributed by atoms with Gasteiger partial charge in [-0.15, -0.1) is 0 Å². The molecule has 7 nitrogen and oxygen atoms in total. The Balaban J connectivity index is 1.11. The van der Waals surface area contributed by atoms with E-state index >= 15 is 0 Å². The van der Waals surface area contributed by atoms with Gasteiger partial charge < -0.3 is 14.9 Å². The maximum Gasteiger partial charge on any atom is 0.274 e. The number of aryl methyl sites for hydroxylation is 1. The van der Waals surface area contributed by atoms with Crippen LogP contribution in [0.25, 0.3) is 0 Å². The summed E-state index contributed by atoms with van der Waals surface area (Å²) in [7, 11) is 0. The molecule has 2 aliphatic heterocycles. The molecule has 7 heteroatoms. The highest BCUT2D eigenvalue weighted by molar-refractivity contribution is 5.94. The molecule has 6 rings (SSSR count). The Labute approximate surface area is 202 Å². The number of hydrogen-bond acceptors (Lipinski definition) is 5. The molecule has 1 aromatic heterocycles. The first kappa shape index (κ1) is 22.1. The molecule has 1 amide bonds. The van der Waals surface area contributed by atoms with Crippen LogP contribution in [-0.4, -0.2) is 82.5 Å². The molecule has 1 N–H and O–H groups in total. The third kappa shape index (κ3) is 3.93. The van der Waals surface area contributed by atoms with Crippen LogP contribution in [0, 0.1) is 19.8 Å². The first-order valence-electron chi connectivity index (χ1n) is 13.1. The van der Waals surface area contributed by atoms with Gasteiger partial charge in [-0.2, -0.15) is 5.10 Å². The van der Waals surface area contributed by atoms with Gasteiger partial charge in [-0.1, -0.05) is 12.1 Å². The Morgan fingerprint density at radius 1 is 1.06 bits per heavy atom. The number of benzene rings is 1. The van der Waals surface area contributed by atoms with Crippen molar-refractivity contribution in [1.82, 2.24) is 19.6 Å². The molecule has 2 saturated heterocycles. The molecular weight excluding hydrogens is 426 g/mol. The fraction of sp³-hybridized carbons (Fsp3) is 0.630. The number of amides is 1. The Bertz CT molecular complexity index is 1080. The Hall–Kier alpha value is -2.38. The number of hydrogen-bond donors (Lipinski definition) is 1. The number of anilines is 1. The van der Waals surface area contributed by atoms with Crippen LogP contribution in [-0.2, 0) is 13.0 Å². The van der Waals surface area contributed by atoms with Gasteiger partial charge in [-0.3, -0.25) is 14.4 Å². The van der Waals surface area contributed by atoms with Gasteiger partial charge in [-0.25, -0.2) is 0 Å². The molecule has 2 aromatic rings. The average molecular weight is 464 g/mol. The summed E-state index contributed by atoms with van der Waals surface area (Å²) in [6.45, 7) is 11.8. The second-order valence-electron chi connectivity index (χ2n) is 10.8. The number of fused-ring (bicyclic) bond motifs is 3. The third-order valence-electron chi connectivity index (χ3n) is 8.72. The lowest BCUT2D eigenvalue weighted by molar-refractivity contribution is 0.0539. The lowest BCUT2D eigenvalue weighted by Gasteiger charge is -2.37. The average Bonchev–Trinajstić information content (AvgIpc) is 3.37. The van der Waals surface area contributed by atoms with E-state index in [1.165, 1.54) is 34.5 Å². The number of piperazine rings is 1. The molecule has 34 heavy (non-hydrogen) atoms. The van der Waals surface area contributed by atoms with Gasteiger partial charge in [-0.05, 0) is 68.6 Å². The van der Waals surface area contributed by atoms with Crippen molar-refractivity contribution in [3.8, 4) is 0 Å². The smallest absolute Gasteiger partial charge is 0.274 e. The predicted octanol–water partition coefficient (Wildman–Crippen LogP) is 2.58. The highest BCUT2D eigenvalue weighted by Gasteiger charge is 2.50. The van der Waals surface area contributed by atoms with Gasteiger partial charge in [0.2, 0.25) is 0 Å². The standard InChI is InChI=1S/C27H37N5O2/c1-18-4-3-5-23(19(18)2)30-13-10-29(11-14-30)12-15-32-24-17-20-16-22(20)25(24)26(28-32)27(34)31-8-6-21(33)7-9-31/h3-5,20-22,33H,6-17H2,1-2H3/t20-,22-/m1/s1. The van der Waals surface area contributed by atoms with Crippen molar-refractivity contribution < 1.29 is 9.90 Å². The number of likely N-dealkylation sites (tertiary alicyclic amines) is 1. The quantitative estimate of drug-likeness (QED) is 0.739. The van der Waals surface area contributed by atoms with Crippen LogP contribution < -0.4 is 4.90 Å². The molecular formula is C27H37N5O2. The fourth-order valence-corrected chi connectivity index (χ4v) is 6.28. The number of piperidine rings is 1. The zero-order chi connectivity index (χ0) is 23.4. The minimum atomic E-state index is -0.268. The van der Waals surface area contributed by atoms with Crippen molar-refractivity contribution in [2.45, 2.75) is 58.1 Å². The highest BCUT2D eigenvalue weighted by Crippen LogP contribution is 2.57. The van der Waals surface area contributed by atoms with Crippen molar-refractivity contribution in [1.29, 1.82) is 0 Å². The Kier molecular flexibility index (Phi) is 5.65. The number of carbonyl (C=O) groups is 1. The van der Waals surface area contributed by atoms with Crippen molar-refractivity contribution in [2.75, 3.05) is 50.7 Å². The number of aromatic nitrogens is 2. The van der Waals surface area contributed by atoms with Crippen LogP contribution in [0.5, 0.6) is 0 Å². The summed E-state index contributed by atoms with van der Waals surface area (Å²) >= 11 is 0. The van der Waals surface area contributed by atoms with Crippen molar-refractivity contribution >= 4 is 11.6 Å². The molecule has 2 aliphatic carbocycles. The summed E-state index contributed by atoms with van der Waals surface area (Å²) in [5.74, 6) is 1.37. The van der Waals surface area contributed by atoms with Crippen LogP contribution in [0.1, 0.15) is 58.1 Å². The lowest BCUT2D eigenvalue weighted by Crippen LogP contribution is -2.47. The minimum absolute atomic E-state index is 0.0802. The number of aliphatic hydroxyl groups is 1. The lowest BCUT2D eigenvalue weighted by atomic mass is 10.1. The molecule has 1 saturated carbocycles. The number of rotatable bonds is 5. The normalized spacial score (nSPS) is 24.9. The molecule has 182 valence electrons. The van der Waals surface area contributed by atoms with Crippen LogP contribution in [0.2, 0.25) is 0 Å². The molecule has 1 aromatic carbocycles. The van der Waals surface area contributed by atoms with Crippen LogP contribution >= 0.6 is 0 Å². The molecule has 3 fully saturated rings. The maximum absolute atomic E-state index is 13.3. The number of carbonyl (C=O) groups excluding carboxylic acids is 1. The van der Waals surface area contributed by atoms with E-state index in [0.717, 1.165) is 51.6 Å². The zero-order valence-electron chi connectivity index (χ0n) is 20.5. The molecule has 4 aliphatic rings. The van der Waals surface area contributed by atoms with Crippen LogP contribution in [0.15, 0.2) is 18.2 Å². The second-order valence-corrected chi connectivity index (χ2v) is 10.8. The number of aliphatic hydroxyl groups excluding tert-OH is 1. The molecule has 0 spiro atoms.